The van der Waals surface area contributed by atoms with Crippen LogP contribution >= 0.6 is 0 Å². The molecule has 0 radical (unpaired) electrons. The van der Waals surface area contributed by atoms with Gasteiger partial charge < -0.3 is 14.2 Å². The highest BCUT2D eigenvalue weighted by Crippen LogP contribution is 2.28. The molecule has 5 aromatic rings. The van der Waals surface area contributed by atoms with Gasteiger partial charge in [0.2, 0.25) is 5.91 Å². The topological polar surface area (TPSA) is 97.6 Å². The maximum absolute atomic E-state index is 14.6. The van der Waals surface area contributed by atoms with Gasteiger partial charge in [0, 0.05) is 38.3 Å². The van der Waals surface area contributed by atoms with Crippen LogP contribution in [0.1, 0.15) is 49.2 Å². The highest BCUT2D eigenvalue weighted by atomic mass is 19.2. The van der Waals surface area contributed by atoms with Gasteiger partial charge in [-0.15, -0.1) is 0 Å². The van der Waals surface area contributed by atoms with E-state index < -0.39 is 29.4 Å². The molecule has 3 aromatic carbocycles. The number of ether oxygens (including phenoxy) is 1. The maximum atomic E-state index is 14.6. The second-order valence-corrected chi connectivity index (χ2v) is 13.8. The lowest BCUT2D eigenvalue weighted by molar-refractivity contribution is -0.155. The maximum Gasteiger partial charge on any atom is 0.325 e. The number of nitrogens with zero attached hydrogens (tertiary/aromatic N) is 5. The van der Waals surface area contributed by atoms with Crippen molar-refractivity contribution in [3.05, 3.63) is 130 Å². The van der Waals surface area contributed by atoms with Gasteiger partial charge in [0.05, 0.1) is 12.5 Å². The van der Waals surface area contributed by atoms with E-state index in [2.05, 4.69) is 14.9 Å². The number of piperidine rings is 1. The fourth-order valence-electron chi connectivity index (χ4n) is 7.03. The van der Waals surface area contributed by atoms with Crippen LogP contribution in [0.15, 0.2) is 89.9 Å². The van der Waals surface area contributed by atoms with Crippen molar-refractivity contribution in [3.63, 3.8) is 0 Å². The van der Waals surface area contributed by atoms with E-state index in [9.17, 15) is 27.6 Å². The normalized spacial score (nSPS) is 14.0. The third-order valence-corrected chi connectivity index (χ3v) is 10.2. The first-order valence-electron chi connectivity index (χ1n) is 17.6. The Hall–Kier alpha value is -5.36. The first-order chi connectivity index (χ1) is 25.5. The van der Waals surface area contributed by atoms with Gasteiger partial charge in [-0.3, -0.25) is 19.3 Å². The van der Waals surface area contributed by atoms with Crippen LogP contribution in [0.5, 0.6) is 0 Å². The van der Waals surface area contributed by atoms with Gasteiger partial charge in [0.1, 0.15) is 30.2 Å². The molecule has 2 aromatic heterocycles. The lowest BCUT2D eigenvalue weighted by atomic mass is 9.95. The molecule has 1 aliphatic rings. The lowest BCUT2D eigenvalue weighted by Gasteiger charge is -2.44. The fourth-order valence-corrected chi connectivity index (χ4v) is 7.03. The number of esters is 1. The van der Waals surface area contributed by atoms with Crippen molar-refractivity contribution in [3.8, 4) is 11.1 Å². The number of likely N-dealkylation sites (tertiary alicyclic amines) is 1. The summed E-state index contributed by atoms with van der Waals surface area (Å²) in [6, 6.07) is 22.1. The van der Waals surface area contributed by atoms with E-state index in [1.54, 1.807) is 28.8 Å². The van der Waals surface area contributed by atoms with Crippen LogP contribution in [0.25, 0.3) is 22.2 Å². The molecule has 6 rings (SSSR count). The molecular weight excluding hydrogens is 683 g/mol. The van der Waals surface area contributed by atoms with Gasteiger partial charge in [-0.05, 0) is 79.1 Å². The van der Waals surface area contributed by atoms with Crippen molar-refractivity contribution < 1.29 is 27.5 Å². The molecular formula is C41H42F3N5O4. The van der Waals surface area contributed by atoms with Gasteiger partial charge in [-0.25, -0.2) is 18.2 Å². The largest absolute Gasteiger partial charge is 0.468 e. The molecule has 1 fully saturated rings. The van der Waals surface area contributed by atoms with Crippen molar-refractivity contribution in [1.29, 1.82) is 0 Å². The Morgan fingerprint density at radius 1 is 0.906 bits per heavy atom. The highest BCUT2D eigenvalue weighted by Gasteiger charge is 2.39. The Balaban J connectivity index is 1.31. The number of hydrogen-bond acceptors (Lipinski definition) is 7. The van der Waals surface area contributed by atoms with Gasteiger partial charge in [-0.1, -0.05) is 60.7 Å². The van der Waals surface area contributed by atoms with E-state index in [1.807, 2.05) is 55.1 Å². The second kappa shape index (κ2) is 16.1. The predicted octanol–water partition coefficient (Wildman–Crippen LogP) is 6.44. The van der Waals surface area contributed by atoms with E-state index >= 15 is 0 Å². The number of rotatable bonds is 12. The number of aromatic nitrogens is 3. The van der Waals surface area contributed by atoms with Crippen molar-refractivity contribution in [2.75, 3.05) is 20.2 Å². The summed E-state index contributed by atoms with van der Waals surface area (Å²) < 4.78 is 48.3. The standard InChI is InChI=1S/C41H42F3N5O4/c1-41(2,40(52)53-3)47-22-19-32(20-23-47)48(25-28-11-15-30(16-12-28)29-13-9-27(24-42)10-14-29)36(50)26-49-35(18-17-31-6-4-8-34(43)37(31)44)46-39(51)33-7-5-21-45-38(33)49/h4-16,21,32H,17-20,22-26H2,1-3H3. The van der Waals surface area contributed by atoms with Crippen LogP contribution in [-0.2, 0) is 46.9 Å². The number of fused-ring (bicyclic) bond motifs is 1. The minimum atomic E-state index is -0.970. The number of carbonyl (C=O) groups is 2. The van der Waals surface area contributed by atoms with Crippen molar-refractivity contribution in [2.45, 2.75) is 70.9 Å². The van der Waals surface area contributed by atoms with Crippen LogP contribution in [0.2, 0.25) is 0 Å². The Kier molecular flexibility index (Phi) is 11.4. The zero-order chi connectivity index (χ0) is 37.7. The predicted molar refractivity (Wildman–Crippen MR) is 195 cm³/mol. The number of methoxy groups -OCH3 is 1. The number of aryl methyl sites for hydroxylation is 2. The second-order valence-electron chi connectivity index (χ2n) is 13.8. The number of alkyl halides is 1. The lowest BCUT2D eigenvalue weighted by Crippen LogP contribution is -2.56. The molecule has 276 valence electrons. The summed E-state index contributed by atoms with van der Waals surface area (Å²) in [5.74, 6) is -2.28. The zero-order valence-electron chi connectivity index (χ0n) is 30.0. The molecule has 0 unspecified atom stereocenters. The Morgan fingerprint density at radius 2 is 1.57 bits per heavy atom. The van der Waals surface area contributed by atoms with E-state index in [4.69, 9.17) is 4.74 Å². The monoisotopic (exact) mass is 725 g/mol. The number of benzene rings is 3. The van der Waals surface area contributed by atoms with E-state index in [0.29, 0.717) is 31.5 Å². The summed E-state index contributed by atoms with van der Waals surface area (Å²) in [6.45, 7) is 4.32. The van der Waals surface area contributed by atoms with Crippen LogP contribution in [0, 0.1) is 11.6 Å². The molecule has 0 spiro atoms. The third kappa shape index (κ3) is 8.17. The molecule has 0 N–H and O–H groups in total. The van der Waals surface area contributed by atoms with Gasteiger partial charge >= 0.3 is 5.97 Å². The minimum absolute atomic E-state index is 0.0452. The molecule has 1 saturated heterocycles. The summed E-state index contributed by atoms with van der Waals surface area (Å²) >= 11 is 0. The van der Waals surface area contributed by atoms with Gasteiger partial charge in [0.25, 0.3) is 5.56 Å². The first-order valence-corrected chi connectivity index (χ1v) is 17.6. The quantitative estimate of drug-likeness (QED) is 0.137. The van der Waals surface area contributed by atoms with E-state index in [0.717, 1.165) is 22.8 Å². The fraction of sp³-hybridized carbons (Fsp3) is 0.341. The van der Waals surface area contributed by atoms with Crippen LogP contribution in [0.3, 0.4) is 0 Å². The molecule has 9 nitrogen and oxygen atoms in total. The molecule has 0 saturated carbocycles. The van der Waals surface area contributed by atoms with Crippen LogP contribution < -0.4 is 5.56 Å². The van der Waals surface area contributed by atoms with E-state index in [1.165, 1.54) is 25.4 Å². The molecule has 53 heavy (non-hydrogen) atoms. The Morgan fingerprint density at radius 3 is 2.21 bits per heavy atom. The number of amides is 1. The molecule has 0 aliphatic carbocycles. The molecule has 0 atom stereocenters. The van der Waals surface area contributed by atoms with Crippen molar-refractivity contribution >= 4 is 22.9 Å². The third-order valence-electron chi connectivity index (χ3n) is 10.2. The van der Waals surface area contributed by atoms with Gasteiger partial charge in [-0.2, -0.15) is 4.98 Å². The average molecular weight is 726 g/mol. The number of pyridine rings is 1. The van der Waals surface area contributed by atoms with Crippen LogP contribution in [0.4, 0.5) is 13.2 Å². The molecule has 12 heteroatoms. The number of carbonyl (C=O) groups excluding carboxylic acids is 2. The molecule has 1 amide bonds. The zero-order valence-corrected chi connectivity index (χ0v) is 30.0. The highest BCUT2D eigenvalue weighted by molar-refractivity contribution is 5.81. The average Bonchev–Trinajstić information content (AvgIpc) is 3.18. The Bertz CT molecular complexity index is 2150. The summed E-state index contributed by atoms with van der Waals surface area (Å²) in [5, 5.41) is 0.237. The first kappa shape index (κ1) is 37.4. The summed E-state index contributed by atoms with van der Waals surface area (Å²) in [7, 11) is 1.37. The van der Waals surface area contributed by atoms with Crippen molar-refractivity contribution in [2.24, 2.45) is 0 Å². The van der Waals surface area contributed by atoms with E-state index in [-0.39, 0.29) is 66.3 Å². The van der Waals surface area contributed by atoms with Gasteiger partial charge in [0.15, 0.2) is 11.6 Å². The van der Waals surface area contributed by atoms with Crippen molar-refractivity contribution in [1.82, 2.24) is 24.3 Å². The number of hydrogen-bond donors (Lipinski definition) is 0. The summed E-state index contributed by atoms with van der Waals surface area (Å²) in [6.07, 6.45) is 2.83. The molecule has 3 heterocycles. The minimum Gasteiger partial charge on any atom is -0.468 e. The molecule has 1 aliphatic heterocycles. The summed E-state index contributed by atoms with van der Waals surface area (Å²) in [4.78, 5) is 52.9. The molecule has 0 bridgehead atoms. The summed E-state index contributed by atoms with van der Waals surface area (Å²) in [5.41, 5.74) is 2.42. The Labute approximate surface area is 306 Å². The number of halogens is 3. The smallest absolute Gasteiger partial charge is 0.325 e. The van der Waals surface area contributed by atoms with Crippen LogP contribution in [-0.4, -0.2) is 68.0 Å². The SMILES string of the molecule is COC(=O)C(C)(C)N1CCC(N(Cc2ccc(-c3ccc(CF)cc3)cc2)C(=O)Cn2c(CCc3cccc(F)c3F)nc(=O)c3cccnc32)CC1.